The lowest BCUT2D eigenvalue weighted by atomic mass is 10.0. The average molecular weight is 275 g/mol. The largest absolute Gasteiger partial charge is 0.482 e. The molecule has 5 heteroatoms. The number of nitrogens with one attached hydrogen (secondary N) is 2. The number of carbonyl (C=O) groups excluding carboxylic acids is 1. The molecule has 0 aromatic heterocycles. The third kappa shape index (κ3) is 2.94. The minimum atomic E-state index is -0.0789. The Hall–Kier alpha value is -1.59. The van der Waals surface area contributed by atoms with Gasteiger partial charge >= 0.3 is 0 Å². The Morgan fingerprint density at radius 3 is 2.95 bits per heavy atom. The van der Waals surface area contributed by atoms with Gasteiger partial charge in [0, 0.05) is 32.2 Å². The van der Waals surface area contributed by atoms with Gasteiger partial charge in [-0.2, -0.15) is 0 Å². The van der Waals surface area contributed by atoms with Crippen molar-refractivity contribution in [1.82, 2.24) is 10.2 Å². The minimum absolute atomic E-state index is 0.0789. The van der Waals surface area contributed by atoms with Crippen molar-refractivity contribution in [1.29, 1.82) is 0 Å². The molecule has 1 unspecified atom stereocenters. The van der Waals surface area contributed by atoms with Crippen LogP contribution < -0.4 is 15.4 Å². The number of hydrogen-bond donors (Lipinski definition) is 2. The van der Waals surface area contributed by atoms with Crippen LogP contribution in [-0.4, -0.2) is 49.6 Å². The lowest BCUT2D eigenvalue weighted by Crippen LogP contribution is -2.48. The zero-order valence-corrected chi connectivity index (χ0v) is 11.8. The summed E-state index contributed by atoms with van der Waals surface area (Å²) in [7, 11) is 0. The number of piperazine rings is 1. The molecule has 2 aliphatic heterocycles. The second-order valence-electron chi connectivity index (χ2n) is 5.51. The van der Waals surface area contributed by atoms with Crippen LogP contribution >= 0.6 is 0 Å². The number of anilines is 1. The molecular formula is C15H21N3O2. The predicted octanol–water partition coefficient (Wildman–Crippen LogP) is 0.854. The van der Waals surface area contributed by atoms with Crippen molar-refractivity contribution in [2.24, 2.45) is 0 Å². The Labute approximate surface area is 119 Å². The van der Waals surface area contributed by atoms with Gasteiger partial charge in [-0.05, 0) is 31.0 Å². The van der Waals surface area contributed by atoms with Crippen LogP contribution in [0.4, 0.5) is 5.69 Å². The molecule has 1 atom stereocenters. The fourth-order valence-electron chi connectivity index (χ4n) is 2.85. The lowest BCUT2D eigenvalue weighted by molar-refractivity contribution is -0.118. The molecule has 0 bridgehead atoms. The van der Waals surface area contributed by atoms with E-state index in [1.54, 1.807) is 0 Å². The molecular weight excluding hydrogens is 254 g/mol. The quantitative estimate of drug-likeness (QED) is 0.859. The molecule has 1 aromatic rings. The molecule has 2 aliphatic rings. The highest BCUT2D eigenvalue weighted by molar-refractivity contribution is 5.95. The summed E-state index contributed by atoms with van der Waals surface area (Å²) in [5, 5.41) is 6.24. The van der Waals surface area contributed by atoms with Gasteiger partial charge in [0.05, 0.1) is 5.69 Å². The smallest absolute Gasteiger partial charge is 0.262 e. The highest BCUT2D eigenvalue weighted by Gasteiger charge is 2.19. The first-order valence-corrected chi connectivity index (χ1v) is 7.23. The van der Waals surface area contributed by atoms with Crippen LogP contribution in [0.2, 0.25) is 0 Å². The normalized spacial score (nSPS) is 20.8. The van der Waals surface area contributed by atoms with Crippen molar-refractivity contribution in [3.8, 4) is 5.75 Å². The summed E-state index contributed by atoms with van der Waals surface area (Å²) < 4.78 is 5.38. The Bertz CT molecular complexity index is 498. The lowest BCUT2D eigenvalue weighted by Gasteiger charge is -2.33. The Morgan fingerprint density at radius 2 is 2.15 bits per heavy atom. The minimum Gasteiger partial charge on any atom is -0.482 e. The molecule has 2 heterocycles. The van der Waals surface area contributed by atoms with Crippen molar-refractivity contribution in [3.63, 3.8) is 0 Å². The summed E-state index contributed by atoms with van der Waals surface area (Å²) in [4.78, 5) is 13.9. The molecule has 1 fully saturated rings. The van der Waals surface area contributed by atoms with Crippen LogP contribution in [0.3, 0.4) is 0 Å². The van der Waals surface area contributed by atoms with E-state index in [-0.39, 0.29) is 12.5 Å². The first kappa shape index (κ1) is 13.4. The first-order chi connectivity index (χ1) is 9.72. The molecule has 1 saturated heterocycles. The summed E-state index contributed by atoms with van der Waals surface area (Å²) in [6, 6.07) is 6.59. The van der Waals surface area contributed by atoms with E-state index in [0.717, 1.165) is 44.0 Å². The molecule has 2 N–H and O–H groups in total. The zero-order valence-electron chi connectivity index (χ0n) is 11.8. The first-order valence-electron chi connectivity index (χ1n) is 7.23. The topological polar surface area (TPSA) is 53.6 Å². The van der Waals surface area contributed by atoms with Gasteiger partial charge in [-0.25, -0.2) is 0 Å². The summed E-state index contributed by atoms with van der Waals surface area (Å²) in [5.74, 6) is 0.688. The zero-order chi connectivity index (χ0) is 13.9. The van der Waals surface area contributed by atoms with Gasteiger partial charge < -0.3 is 15.4 Å². The molecule has 20 heavy (non-hydrogen) atoms. The summed E-state index contributed by atoms with van der Waals surface area (Å²) in [5.41, 5.74) is 2.03. The Kier molecular flexibility index (Phi) is 3.89. The number of fused-ring (bicyclic) bond motifs is 1. The number of nitrogens with zero attached hydrogens (tertiary/aromatic N) is 1. The van der Waals surface area contributed by atoms with E-state index in [1.165, 1.54) is 5.56 Å². The summed E-state index contributed by atoms with van der Waals surface area (Å²) in [6.45, 7) is 6.72. The number of amides is 1. The van der Waals surface area contributed by atoms with E-state index in [0.29, 0.717) is 6.04 Å². The van der Waals surface area contributed by atoms with Gasteiger partial charge in [0.2, 0.25) is 0 Å². The van der Waals surface area contributed by atoms with Crippen LogP contribution in [0, 0.1) is 0 Å². The third-order valence-corrected chi connectivity index (χ3v) is 3.98. The van der Waals surface area contributed by atoms with E-state index < -0.39 is 0 Å². The van der Waals surface area contributed by atoms with Gasteiger partial charge in [-0.1, -0.05) is 6.07 Å². The second-order valence-corrected chi connectivity index (χ2v) is 5.51. The molecule has 1 aromatic carbocycles. The highest BCUT2D eigenvalue weighted by Crippen LogP contribution is 2.29. The number of carbonyl (C=O) groups is 1. The van der Waals surface area contributed by atoms with Gasteiger partial charge in [0.25, 0.3) is 5.91 Å². The molecule has 0 spiro atoms. The van der Waals surface area contributed by atoms with E-state index in [9.17, 15) is 4.79 Å². The monoisotopic (exact) mass is 275 g/mol. The molecule has 0 radical (unpaired) electrons. The van der Waals surface area contributed by atoms with Crippen LogP contribution in [0.25, 0.3) is 0 Å². The van der Waals surface area contributed by atoms with Crippen molar-refractivity contribution in [2.45, 2.75) is 19.4 Å². The van der Waals surface area contributed by atoms with E-state index in [2.05, 4.69) is 28.5 Å². The van der Waals surface area contributed by atoms with Gasteiger partial charge in [-0.15, -0.1) is 0 Å². The van der Waals surface area contributed by atoms with Gasteiger partial charge in [0.15, 0.2) is 6.61 Å². The number of rotatable bonds is 3. The maximum absolute atomic E-state index is 11.4. The molecule has 1 amide bonds. The average Bonchev–Trinajstić information content (AvgIpc) is 2.47. The standard InChI is InChI=1S/C15H21N3O2/c1-11(18-6-4-16-5-7-18)8-12-2-3-14-13(9-12)17-15(19)10-20-14/h2-3,9,11,16H,4-8,10H2,1H3,(H,17,19). The highest BCUT2D eigenvalue weighted by atomic mass is 16.5. The van der Waals surface area contributed by atoms with E-state index in [4.69, 9.17) is 4.74 Å². The van der Waals surface area contributed by atoms with Gasteiger partial charge in [-0.3, -0.25) is 9.69 Å². The number of ether oxygens (including phenoxy) is 1. The summed E-state index contributed by atoms with van der Waals surface area (Å²) in [6.07, 6.45) is 0.989. The van der Waals surface area contributed by atoms with Crippen molar-refractivity contribution >= 4 is 11.6 Å². The number of hydrogen-bond acceptors (Lipinski definition) is 4. The fourth-order valence-corrected chi connectivity index (χ4v) is 2.85. The number of benzene rings is 1. The van der Waals surface area contributed by atoms with Crippen LogP contribution in [0.1, 0.15) is 12.5 Å². The molecule has 5 nitrogen and oxygen atoms in total. The summed E-state index contributed by atoms with van der Waals surface area (Å²) >= 11 is 0. The second kappa shape index (κ2) is 5.81. The van der Waals surface area contributed by atoms with Crippen LogP contribution in [-0.2, 0) is 11.2 Å². The third-order valence-electron chi connectivity index (χ3n) is 3.98. The maximum atomic E-state index is 11.4. The Morgan fingerprint density at radius 1 is 1.35 bits per heavy atom. The maximum Gasteiger partial charge on any atom is 0.262 e. The fraction of sp³-hybridized carbons (Fsp3) is 0.533. The van der Waals surface area contributed by atoms with E-state index >= 15 is 0 Å². The van der Waals surface area contributed by atoms with E-state index in [1.807, 2.05) is 12.1 Å². The van der Waals surface area contributed by atoms with Crippen molar-refractivity contribution in [3.05, 3.63) is 23.8 Å². The molecule has 108 valence electrons. The SMILES string of the molecule is CC(Cc1ccc2c(c1)NC(=O)CO2)N1CCNCC1. The Balaban J connectivity index is 1.68. The van der Waals surface area contributed by atoms with Crippen molar-refractivity contribution in [2.75, 3.05) is 38.1 Å². The molecule has 0 saturated carbocycles. The predicted molar refractivity (Wildman–Crippen MR) is 78.2 cm³/mol. The van der Waals surface area contributed by atoms with Crippen LogP contribution in [0.5, 0.6) is 5.75 Å². The molecule has 3 rings (SSSR count). The van der Waals surface area contributed by atoms with Crippen LogP contribution in [0.15, 0.2) is 18.2 Å². The van der Waals surface area contributed by atoms with Crippen molar-refractivity contribution < 1.29 is 9.53 Å². The van der Waals surface area contributed by atoms with Gasteiger partial charge in [0.1, 0.15) is 5.75 Å². The molecule has 0 aliphatic carbocycles.